The van der Waals surface area contributed by atoms with Crippen molar-refractivity contribution in [1.82, 2.24) is 10.2 Å². The Bertz CT molecular complexity index is 448. The first-order valence-electron chi connectivity index (χ1n) is 6.40. The van der Waals surface area contributed by atoms with Crippen LogP contribution in [0.2, 0.25) is 0 Å². The highest BCUT2D eigenvalue weighted by Crippen LogP contribution is 2.12. The average molecular weight is 259 g/mol. The highest BCUT2D eigenvalue weighted by atomic mass is 16.6. The Morgan fingerprint density at radius 1 is 1.37 bits per heavy atom. The van der Waals surface area contributed by atoms with Crippen molar-refractivity contribution >= 4 is 6.09 Å². The van der Waals surface area contributed by atoms with Crippen LogP contribution in [-0.4, -0.2) is 36.7 Å². The summed E-state index contributed by atoms with van der Waals surface area (Å²) in [6.45, 7) is 2.13. The van der Waals surface area contributed by atoms with Gasteiger partial charge in [0.05, 0.1) is 12.6 Å². The number of benzene rings is 1. The zero-order valence-electron chi connectivity index (χ0n) is 10.7. The van der Waals surface area contributed by atoms with Crippen molar-refractivity contribution in [2.75, 3.05) is 19.6 Å². The molecule has 1 N–H and O–H groups in total. The van der Waals surface area contributed by atoms with Crippen molar-refractivity contribution in [3.8, 4) is 11.8 Å². The Morgan fingerprint density at radius 2 is 2.05 bits per heavy atom. The number of nitrogens with one attached hydrogen (secondary N) is 1. The van der Waals surface area contributed by atoms with E-state index in [1.807, 2.05) is 18.2 Å². The highest BCUT2D eigenvalue weighted by molar-refractivity contribution is 5.70. The summed E-state index contributed by atoms with van der Waals surface area (Å²) in [5.74, 6) is 0.543. The largest absolute Gasteiger partial charge is 0.412 e. The minimum atomic E-state index is -0.412. The van der Waals surface area contributed by atoms with Crippen molar-refractivity contribution < 1.29 is 9.53 Å². The van der Waals surface area contributed by atoms with Crippen LogP contribution in [0.4, 0.5) is 4.79 Å². The summed E-state index contributed by atoms with van der Waals surface area (Å²) in [4.78, 5) is 13.8. The summed E-state index contributed by atoms with van der Waals surface area (Å²) in [6, 6.07) is 11.3. The van der Waals surface area contributed by atoms with E-state index in [9.17, 15) is 4.79 Å². The number of piperidine rings is 1. The fourth-order valence-corrected chi connectivity index (χ4v) is 2.13. The first kappa shape index (κ1) is 13.4. The lowest BCUT2D eigenvalue weighted by Crippen LogP contribution is -2.45. The standard InChI is InChI=1S/C14H17N3O2/c15-8-11-17-9-6-12(7-10-17)16-14(18)19-13-4-2-1-3-5-13/h1-5,12H,6-7,9-11H2,(H,16,18). The summed E-state index contributed by atoms with van der Waals surface area (Å²) < 4.78 is 5.18. The molecule has 1 aliphatic heterocycles. The molecule has 0 radical (unpaired) electrons. The first-order valence-corrected chi connectivity index (χ1v) is 6.40. The minimum Gasteiger partial charge on any atom is -0.410 e. The van der Waals surface area contributed by atoms with E-state index in [-0.39, 0.29) is 6.04 Å². The van der Waals surface area contributed by atoms with Crippen LogP contribution < -0.4 is 10.1 Å². The van der Waals surface area contributed by atoms with Gasteiger partial charge < -0.3 is 10.1 Å². The lowest BCUT2D eigenvalue weighted by molar-refractivity contribution is 0.178. The zero-order valence-corrected chi connectivity index (χ0v) is 10.7. The van der Waals surface area contributed by atoms with Gasteiger partial charge in [-0.2, -0.15) is 5.26 Å². The van der Waals surface area contributed by atoms with Gasteiger partial charge in [0, 0.05) is 19.1 Å². The molecular weight excluding hydrogens is 242 g/mol. The number of nitrogens with zero attached hydrogens (tertiary/aromatic N) is 2. The number of likely N-dealkylation sites (tertiary alicyclic amines) is 1. The number of rotatable bonds is 3. The third kappa shape index (κ3) is 4.27. The fourth-order valence-electron chi connectivity index (χ4n) is 2.13. The summed E-state index contributed by atoms with van der Waals surface area (Å²) >= 11 is 0. The number of carbonyl (C=O) groups is 1. The molecule has 0 unspecified atom stereocenters. The number of para-hydroxylation sites is 1. The van der Waals surface area contributed by atoms with Crippen LogP contribution in [0.3, 0.4) is 0 Å². The van der Waals surface area contributed by atoms with Gasteiger partial charge in [-0.1, -0.05) is 18.2 Å². The van der Waals surface area contributed by atoms with Gasteiger partial charge in [-0.15, -0.1) is 0 Å². The topological polar surface area (TPSA) is 65.4 Å². The average Bonchev–Trinajstić information content (AvgIpc) is 2.42. The third-order valence-electron chi connectivity index (χ3n) is 3.16. The first-order chi connectivity index (χ1) is 9.28. The van der Waals surface area contributed by atoms with Gasteiger partial charge in [0.2, 0.25) is 0 Å². The molecule has 1 aromatic carbocycles. The number of hydrogen-bond donors (Lipinski definition) is 1. The van der Waals surface area contributed by atoms with Gasteiger partial charge in [0.25, 0.3) is 0 Å². The second-order valence-corrected chi connectivity index (χ2v) is 4.56. The monoisotopic (exact) mass is 259 g/mol. The summed E-state index contributed by atoms with van der Waals surface area (Å²) in [7, 11) is 0. The van der Waals surface area contributed by atoms with Crippen molar-refractivity contribution in [2.45, 2.75) is 18.9 Å². The van der Waals surface area contributed by atoms with Crippen molar-refractivity contribution in [3.05, 3.63) is 30.3 Å². The van der Waals surface area contributed by atoms with Crippen LogP contribution in [-0.2, 0) is 0 Å². The van der Waals surface area contributed by atoms with Crippen LogP contribution in [0, 0.1) is 11.3 Å². The number of carbonyl (C=O) groups excluding carboxylic acids is 1. The van der Waals surface area contributed by atoms with E-state index in [0.717, 1.165) is 25.9 Å². The molecule has 1 amide bonds. The van der Waals surface area contributed by atoms with Gasteiger partial charge >= 0.3 is 6.09 Å². The molecule has 1 saturated heterocycles. The molecule has 5 heteroatoms. The molecule has 0 atom stereocenters. The molecule has 5 nitrogen and oxygen atoms in total. The lowest BCUT2D eigenvalue weighted by atomic mass is 10.1. The maximum absolute atomic E-state index is 11.7. The van der Waals surface area contributed by atoms with Crippen LogP contribution in [0.1, 0.15) is 12.8 Å². The second-order valence-electron chi connectivity index (χ2n) is 4.56. The lowest BCUT2D eigenvalue weighted by Gasteiger charge is -2.30. The highest BCUT2D eigenvalue weighted by Gasteiger charge is 2.20. The van der Waals surface area contributed by atoms with E-state index < -0.39 is 6.09 Å². The smallest absolute Gasteiger partial charge is 0.410 e. The Balaban J connectivity index is 1.74. The molecule has 0 bridgehead atoms. The quantitative estimate of drug-likeness (QED) is 0.840. The SMILES string of the molecule is N#CCN1CCC(NC(=O)Oc2ccccc2)CC1. The van der Waals surface area contributed by atoms with Crippen molar-refractivity contribution in [2.24, 2.45) is 0 Å². The number of nitriles is 1. The molecule has 1 fully saturated rings. The van der Waals surface area contributed by atoms with E-state index in [0.29, 0.717) is 12.3 Å². The summed E-state index contributed by atoms with van der Waals surface area (Å²) in [5.41, 5.74) is 0. The van der Waals surface area contributed by atoms with Crippen LogP contribution in [0.25, 0.3) is 0 Å². The van der Waals surface area contributed by atoms with Crippen LogP contribution >= 0.6 is 0 Å². The van der Waals surface area contributed by atoms with Gasteiger partial charge in [-0.05, 0) is 25.0 Å². The minimum absolute atomic E-state index is 0.131. The van der Waals surface area contributed by atoms with Gasteiger partial charge in [0.1, 0.15) is 5.75 Å². The Morgan fingerprint density at radius 3 is 2.68 bits per heavy atom. The predicted molar refractivity (Wildman–Crippen MR) is 70.7 cm³/mol. The molecule has 1 aromatic rings. The third-order valence-corrected chi connectivity index (χ3v) is 3.16. The van der Waals surface area contributed by atoms with E-state index in [1.165, 1.54) is 0 Å². The Labute approximate surface area is 112 Å². The van der Waals surface area contributed by atoms with E-state index in [4.69, 9.17) is 10.00 Å². The fraction of sp³-hybridized carbons (Fsp3) is 0.429. The Kier molecular flexibility index (Phi) is 4.76. The second kappa shape index (κ2) is 6.76. The molecule has 100 valence electrons. The normalized spacial score (nSPS) is 16.6. The summed E-state index contributed by atoms with van der Waals surface area (Å²) in [6.07, 6.45) is 1.29. The number of ether oxygens (including phenoxy) is 1. The predicted octanol–water partition coefficient (Wildman–Crippen LogP) is 1.76. The molecule has 0 saturated carbocycles. The van der Waals surface area contributed by atoms with Gasteiger partial charge in [0.15, 0.2) is 0 Å². The molecule has 0 aliphatic carbocycles. The Hall–Kier alpha value is -2.06. The molecular formula is C14H17N3O2. The van der Waals surface area contributed by atoms with Crippen LogP contribution in [0.15, 0.2) is 30.3 Å². The summed E-state index contributed by atoms with van der Waals surface area (Å²) in [5, 5.41) is 11.5. The molecule has 0 spiro atoms. The zero-order chi connectivity index (χ0) is 13.5. The van der Waals surface area contributed by atoms with Crippen LogP contribution in [0.5, 0.6) is 5.75 Å². The number of amides is 1. The van der Waals surface area contributed by atoms with E-state index >= 15 is 0 Å². The van der Waals surface area contributed by atoms with Gasteiger partial charge in [-0.3, -0.25) is 4.90 Å². The maximum atomic E-state index is 11.7. The number of hydrogen-bond acceptors (Lipinski definition) is 4. The van der Waals surface area contributed by atoms with E-state index in [2.05, 4.69) is 16.3 Å². The molecule has 2 rings (SSSR count). The maximum Gasteiger partial charge on any atom is 0.412 e. The molecule has 1 aliphatic rings. The molecule has 0 aromatic heterocycles. The molecule has 1 heterocycles. The van der Waals surface area contributed by atoms with Crippen molar-refractivity contribution in [1.29, 1.82) is 5.26 Å². The van der Waals surface area contributed by atoms with Crippen molar-refractivity contribution in [3.63, 3.8) is 0 Å². The van der Waals surface area contributed by atoms with E-state index in [1.54, 1.807) is 12.1 Å². The van der Waals surface area contributed by atoms with Gasteiger partial charge in [-0.25, -0.2) is 4.79 Å². The molecule has 19 heavy (non-hydrogen) atoms.